The first-order chi connectivity index (χ1) is 21.5. The Morgan fingerprint density at radius 2 is 1.84 bits per heavy atom. The normalized spacial score (nSPS) is 26.7. The van der Waals surface area contributed by atoms with Gasteiger partial charge in [0.1, 0.15) is 48.1 Å². The van der Waals surface area contributed by atoms with Gasteiger partial charge in [-0.2, -0.15) is 0 Å². The second kappa shape index (κ2) is 15.5. The fourth-order valence-electron chi connectivity index (χ4n) is 4.94. The van der Waals surface area contributed by atoms with Crippen LogP contribution in [0.4, 0.5) is 0 Å². The third-order valence-electron chi connectivity index (χ3n) is 7.40. The van der Waals surface area contributed by atoms with Crippen molar-refractivity contribution in [3.05, 3.63) is 77.4 Å². The van der Waals surface area contributed by atoms with E-state index in [9.17, 15) is 19.8 Å². The summed E-state index contributed by atoms with van der Waals surface area (Å²) in [7, 11) is 1.46. The lowest BCUT2D eigenvalue weighted by Crippen LogP contribution is -2.37. The summed E-state index contributed by atoms with van der Waals surface area (Å²) in [5, 5.41) is 19.0. The second-order valence-corrected chi connectivity index (χ2v) is 11.5. The molecular weight excluding hydrogens is 584 g/mol. The highest BCUT2D eigenvalue weighted by Gasteiger charge is 2.45. The van der Waals surface area contributed by atoms with Crippen molar-refractivity contribution in [2.24, 2.45) is 5.92 Å². The molecule has 2 aromatic rings. The van der Waals surface area contributed by atoms with E-state index in [4.69, 9.17) is 33.2 Å². The van der Waals surface area contributed by atoms with Crippen molar-refractivity contribution in [1.82, 2.24) is 0 Å². The molecule has 0 spiro atoms. The number of hydrogen-bond donors (Lipinski definition) is 2. The van der Waals surface area contributed by atoms with Gasteiger partial charge in [-0.05, 0) is 57.0 Å². The molecule has 1 fully saturated rings. The predicted molar refractivity (Wildman–Crippen MR) is 164 cm³/mol. The first-order valence-corrected chi connectivity index (χ1v) is 14.9. The molecule has 0 radical (unpaired) electrons. The van der Waals surface area contributed by atoms with Crippen molar-refractivity contribution in [3.8, 4) is 11.5 Å². The Morgan fingerprint density at radius 3 is 2.56 bits per heavy atom. The Morgan fingerprint density at radius 1 is 1.09 bits per heavy atom. The van der Waals surface area contributed by atoms with Gasteiger partial charge in [0.2, 0.25) is 0 Å². The van der Waals surface area contributed by atoms with Crippen LogP contribution < -0.4 is 9.47 Å². The largest absolute Gasteiger partial charge is 0.491 e. The molecule has 2 unspecified atom stereocenters. The molecule has 11 nitrogen and oxygen atoms in total. The smallest absolute Gasteiger partial charge is 0.342 e. The van der Waals surface area contributed by atoms with Gasteiger partial charge in [-0.25, -0.2) is 9.59 Å². The van der Waals surface area contributed by atoms with Crippen LogP contribution in [0, 0.1) is 5.92 Å². The van der Waals surface area contributed by atoms with E-state index in [-0.39, 0.29) is 30.6 Å². The third kappa shape index (κ3) is 9.15. The SMILES string of the molecule is COCOc1cc(OCC(O)CO)cc2c1C(=O)O[C@@H](C)[C@H](C)/C=C\C(OC(=O)c1ccccc1)[C@H]1OC(C)(C)O[C@H]1C/C=C/2. The van der Waals surface area contributed by atoms with Gasteiger partial charge in [-0.1, -0.05) is 43.4 Å². The van der Waals surface area contributed by atoms with Gasteiger partial charge in [-0.15, -0.1) is 0 Å². The highest BCUT2D eigenvalue weighted by molar-refractivity contribution is 5.97. The molecule has 6 atom stereocenters. The number of aliphatic hydroxyl groups excluding tert-OH is 2. The molecule has 0 amide bonds. The van der Waals surface area contributed by atoms with Crippen LogP contribution in [0.25, 0.3) is 6.08 Å². The Bertz CT molecular complexity index is 1350. The highest BCUT2D eigenvalue weighted by Crippen LogP contribution is 2.36. The molecular formula is C34H42O11. The fraction of sp³-hybridized carbons (Fsp3) is 0.471. The number of benzene rings is 2. The van der Waals surface area contributed by atoms with Crippen LogP contribution >= 0.6 is 0 Å². The van der Waals surface area contributed by atoms with E-state index < -0.39 is 54.9 Å². The van der Waals surface area contributed by atoms with Crippen molar-refractivity contribution in [2.75, 3.05) is 27.1 Å². The minimum Gasteiger partial charge on any atom is -0.491 e. The van der Waals surface area contributed by atoms with Gasteiger partial charge in [0.15, 0.2) is 12.6 Å². The predicted octanol–water partition coefficient (Wildman–Crippen LogP) is 4.30. The molecule has 2 aliphatic rings. The molecule has 0 aliphatic carbocycles. The molecule has 2 aliphatic heterocycles. The van der Waals surface area contributed by atoms with Crippen molar-refractivity contribution < 1.29 is 53.0 Å². The number of ether oxygens (including phenoxy) is 7. The summed E-state index contributed by atoms with van der Waals surface area (Å²) in [5.74, 6) is -1.91. The Balaban J connectivity index is 1.74. The van der Waals surface area contributed by atoms with Crippen LogP contribution in [0.5, 0.6) is 11.5 Å². The first kappa shape index (κ1) is 34.1. The topological polar surface area (TPSA) is 139 Å². The van der Waals surface area contributed by atoms with Crippen LogP contribution in [0.3, 0.4) is 0 Å². The molecule has 0 saturated carbocycles. The lowest BCUT2D eigenvalue weighted by atomic mass is 9.98. The van der Waals surface area contributed by atoms with E-state index >= 15 is 0 Å². The number of esters is 2. The highest BCUT2D eigenvalue weighted by atomic mass is 16.8. The molecule has 4 rings (SSSR count). The maximum Gasteiger partial charge on any atom is 0.342 e. The summed E-state index contributed by atoms with van der Waals surface area (Å²) in [6.45, 7) is 6.45. The first-order valence-electron chi connectivity index (χ1n) is 14.9. The van der Waals surface area contributed by atoms with E-state index in [0.717, 1.165) is 0 Å². The lowest BCUT2D eigenvalue weighted by molar-refractivity contribution is -0.152. The van der Waals surface area contributed by atoms with Crippen LogP contribution in [0.2, 0.25) is 0 Å². The quantitative estimate of drug-likeness (QED) is 0.234. The second-order valence-electron chi connectivity index (χ2n) is 11.5. The maximum absolute atomic E-state index is 13.6. The van der Waals surface area contributed by atoms with Crippen LogP contribution in [-0.4, -0.2) is 85.6 Å². The van der Waals surface area contributed by atoms with Gasteiger partial charge in [0, 0.05) is 19.1 Å². The Kier molecular flexibility index (Phi) is 11.8. The van der Waals surface area contributed by atoms with E-state index in [1.807, 2.05) is 25.1 Å². The molecule has 45 heavy (non-hydrogen) atoms. The summed E-state index contributed by atoms with van der Waals surface area (Å²) in [6, 6.07) is 11.8. The monoisotopic (exact) mass is 626 g/mol. The molecule has 0 bridgehead atoms. The third-order valence-corrected chi connectivity index (χ3v) is 7.40. The molecule has 1 saturated heterocycles. The van der Waals surface area contributed by atoms with Gasteiger partial charge in [0.25, 0.3) is 0 Å². The van der Waals surface area contributed by atoms with Gasteiger partial charge >= 0.3 is 11.9 Å². The summed E-state index contributed by atoms with van der Waals surface area (Å²) in [4.78, 5) is 26.8. The average molecular weight is 627 g/mol. The summed E-state index contributed by atoms with van der Waals surface area (Å²) in [5.41, 5.74) is 0.993. The van der Waals surface area contributed by atoms with E-state index in [1.165, 1.54) is 13.2 Å². The lowest BCUT2D eigenvalue weighted by Gasteiger charge is -2.26. The van der Waals surface area contributed by atoms with E-state index in [2.05, 4.69) is 0 Å². The summed E-state index contributed by atoms with van der Waals surface area (Å²) >= 11 is 0. The fourth-order valence-corrected chi connectivity index (χ4v) is 4.94. The molecule has 2 N–H and O–H groups in total. The van der Waals surface area contributed by atoms with Crippen molar-refractivity contribution in [1.29, 1.82) is 0 Å². The Labute approximate surface area is 263 Å². The molecule has 11 heteroatoms. The van der Waals surface area contributed by atoms with Crippen molar-refractivity contribution in [3.63, 3.8) is 0 Å². The summed E-state index contributed by atoms with van der Waals surface area (Å²) in [6.07, 6.45) is 3.84. The molecule has 2 aromatic carbocycles. The van der Waals surface area contributed by atoms with Crippen molar-refractivity contribution in [2.45, 2.75) is 70.4 Å². The van der Waals surface area contributed by atoms with Gasteiger partial charge in [-0.3, -0.25) is 0 Å². The average Bonchev–Trinajstić information content (AvgIpc) is 3.33. The zero-order valence-electron chi connectivity index (χ0n) is 26.2. The molecule has 0 aromatic heterocycles. The molecule has 244 valence electrons. The number of aliphatic hydroxyl groups is 2. The number of methoxy groups -OCH3 is 1. The minimum absolute atomic E-state index is 0.145. The van der Waals surface area contributed by atoms with Gasteiger partial charge < -0.3 is 43.4 Å². The van der Waals surface area contributed by atoms with E-state index in [1.54, 1.807) is 63.3 Å². The van der Waals surface area contributed by atoms with Crippen LogP contribution in [-0.2, 0) is 23.7 Å². The van der Waals surface area contributed by atoms with Gasteiger partial charge in [0.05, 0.1) is 18.3 Å². The number of fused-ring (bicyclic) bond motifs is 2. The minimum atomic E-state index is -1.10. The number of rotatable bonds is 9. The number of carbonyl (C=O) groups is 2. The number of hydrogen-bond acceptors (Lipinski definition) is 11. The van der Waals surface area contributed by atoms with Crippen LogP contribution in [0.1, 0.15) is 60.4 Å². The zero-order valence-corrected chi connectivity index (χ0v) is 26.2. The van der Waals surface area contributed by atoms with E-state index in [0.29, 0.717) is 23.3 Å². The maximum atomic E-state index is 13.6. The standard InChI is InChI=1S/C34H42O11/c1-21-14-15-27(43-32(37)23-10-7-6-8-11-23)31-28(44-34(3,4)45-31)13-9-12-24-16-26(40-19-25(36)18-35)17-29(41-20-39-5)30(24)33(38)42-22(21)2/h6-12,14-17,21-22,25,27-28,31,35-36H,13,18-20H2,1-5H3/b12-9+,15-14-/t21-,22+,25?,27?,28+,31-/m1/s1. The molecule has 2 heterocycles. The Hall–Kier alpha value is -3.74. The number of carbonyl (C=O) groups excluding carboxylic acids is 2. The van der Waals surface area contributed by atoms with Crippen molar-refractivity contribution >= 4 is 18.0 Å². The van der Waals surface area contributed by atoms with Crippen LogP contribution in [0.15, 0.2) is 60.7 Å². The zero-order chi connectivity index (χ0) is 32.6. The number of cyclic esters (lactones) is 1. The summed E-state index contributed by atoms with van der Waals surface area (Å²) < 4.78 is 41.0.